The third-order valence-electron chi connectivity index (χ3n) is 12.7. The summed E-state index contributed by atoms with van der Waals surface area (Å²) in [6.07, 6.45) is 0.788. The van der Waals surface area contributed by atoms with Crippen molar-refractivity contribution in [2.24, 2.45) is 5.73 Å². The normalized spacial score (nSPS) is 28.4. The number of aryl methyl sites for hydroxylation is 1. The fraction of sp³-hybridized carbons (Fsp3) is 0.476. The monoisotopic (exact) mass is 799 g/mol. The second kappa shape index (κ2) is 13.8. The van der Waals surface area contributed by atoms with Crippen LogP contribution in [0.15, 0.2) is 30.3 Å². The fourth-order valence-electron chi connectivity index (χ4n) is 10.5. The Bertz CT molecular complexity index is 2330. The van der Waals surface area contributed by atoms with Crippen molar-refractivity contribution in [3.8, 4) is 28.7 Å². The van der Waals surface area contributed by atoms with Gasteiger partial charge in [-0.1, -0.05) is 24.3 Å². The standard InChI is InChI=1S/C42H49N5O9S/c1-20-11-24-13-41(51)17-46(5)33(31(24)34(49)35(20)52-6)22(3)47(41)30-15-53-40(50)42(39-27(12-25(14-43)45-42)26-9-7-8-10-29(26)44-39)18-57-16-28-32(30)38-37(54-19-55-38)21(2)36(28)56-23(4)48/h7-11,22,25,30,33,44-45,49,51H,12-19,43H2,1-6H3/t22-,25+,30?,33+,41?,42+/m0/s1. The Morgan fingerprint density at radius 3 is 2.65 bits per heavy atom. The quantitative estimate of drug-likeness (QED) is 0.148. The number of aromatic nitrogens is 1. The molecule has 57 heavy (non-hydrogen) atoms. The summed E-state index contributed by atoms with van der Waals surface area (Å²) in [6, 6.07) is 8.05. The van der Waals surface area contributed by atoms with Gasteiger partial charge in [-0.2, -0.15) is 11.8 Å². The number of nitrogens with one attached hydrogen (secondary N) is 2. The van der Waals surface area contributed by atoms with Crippen molar-refractivity contribution >= 4 is 34.6 Å². The number of aromatic hydroxyl groups is 1. The molecule has 2 unspecified atom stereocenters. The van der Waals surface area contributed by atoms with E-state index in [0.29, 0.717) is 64.0 Å². The second-order valence-corrected chi connectivity index (χ2v) is 17.1. The van der Waals surface area contributed by atoms with E-state index in [-0.39, 0.29) is 43.9 Å². The van der Waals surface area contributed by atoms with Crippen LogP contribution in [0.3, 0.4) is 0 Å². The van der Waals surface area contributed by atoms with Crippen LogP contribution in [0.4, 0.5) is 0 Å². The molecule has 6 aliphatic rings. The summed E-state index contributed by atoms with van der Waals surface area (Å²) < 4.78 is 30.7. The van der Waals surface area contributed by atoms with E-state index in [1.165, 1.54) is 25.8 Å². The Morgan fingerprint density at radius 2 is 1.89 bits per heavy atom. The Balaban J connectivity index is 1.25. The first-order valence-corrected chi connectivity index (χ1v) is 20.5. The minimum Gasteiger partial charge on any atom is -0.504 e. The lowest BCUT2D eigenvalue weighted by molar-refractivity contribution is -0.207. The molecule has 6 N–H and O–H groups in total. The number of carbonyl (C=O) groups excluding carboxylic acids is 2. The number of piperazine rings is 1. The lowest BCUT2D eigenvalue weighted by atomic mass is 9.84. The van der Waals surface area contributed by atoms with Gasteiger partial charge >= 0.3 is 11.9 Å². The number of aromatic amines is 1. The van der Waals surface area contributed by atoms with E-state index in [4.69, 9.17) is 29.4 Å². The highest BCUT2D eigenvalue weighted by Crippen LogP contribution is 2.57. The zero-order chi connectivity index (χ0) is 40.1. The topological polar surface area (TPSA) is 181 Å². The van der Waals surface area contributed by atoms with Gasteiger partial charge < -0.3 is 44.6 Å². The van der Waals surface area contributed by atoms with Crippen molar-refractivity contribution in [1.29, 1.82) is 0 Å². The molecule has 0 radical (unpaired) electrons. The van der Waals surface area contributed by atoms with Crippen LogP contribution in [0, 0.1) is 13.8 Å². The Morgan fingerprint density at radius 1 is 1.12 bits per heavy atom. The average Bonchev–Trinajstić information content (AvgIpc) is 3.77. The molecule has 1 saturated heterocycles. The van der Waals surface area contributed by atoms with Gasteiger partial charge in [0.15, 0.2) is 28.5 Å². The van der Waals surface area contributed by atoms with Gasteiger partial charge in [-0.05, 0) is 57.0 Å². The summed E-state index contributed by atoms with van der Waals surface area (Å²) >= 11 is 1.50. The Kier molecular flexibility index (Phi) is 9.21. The molecule has 302 valence electrons. The number of aliphatic hydroxyl groups is 1. The first-order valence-electron chi connectivity index (χ1n) is 19.4. The summed E-state index contributed by atoms with van der Waals surface area (Å²) in [6.45, 7) is 7.32. The number of likely N-dealkylation sites (N-methyl/N-ethyl adjacent to an activating group) is 1. The van der Waals surface area contributed by atoms with Crippen molar-refractivity contribution < 1.29 is 43.5 Å². The van der Waals surface area contributed by atoms with Crippen LogP contribution < -0.4 is 30.0 Å². The molecule has 7 heterocycles. The third kappa shape index (κ3) is 5.64. The number of nitrogens with zero attached hydrogens (tertiary/aromatic N) is 2. The number of phenols is 1. The van der Waals surface area contributed by atoms with Crippen molar-refractivity contribution in [3.05, 3.63) is 75.0 Å². The molecule has 10 rings (SSSR count). The highest BCUT2D eigenvalue weighted by Gasteiger charge is 2.57. The van der Waals surface area contributed by atoms with Crippen LogP contribution in [0.1, 0.15) is 70.6 Å². The number of para-hydroxylation sites is 1. The van der Waals surface area contributed by atoms with Crippen LogP contribution in [-0.2, 0) is 38.5 Å². The molecule has 4 aromatic rings. The predicted octanol–water partition coefficient (Wildman–Crippen LogP) is 3.97. The number of cyclic esters (lactones) is 1. The molecule has 6 aliphatic heterocycles. The van der Waals surface area contributed by atoms with E-state index in [1.54, 1.807) is 0 Å². The van der Waals surface area contributed by atoms with Gasteiger partial charge in [0.2, 0.25) is 6.79 Å². The zero-order valence-corrected chi connectivity index (χ0v) is 33.8. The lowest BCUT2D eigenvalue weighted by Crippen LogP contribution is -2.67. The molecule has 1 aromatic heterocycles. The number of ether oxygens (including phenoxy) is 5. The first kappa shape index (κ1) is 38.0. The zero-order valence-electron chi connectivity index (χ0n) is 33.0. The van der Waals surface area contributed by atoms with E-state index in [0.717, 1.165) is 33.3 Å². The van der Waals surface area contributed by atoms with Gasteiger partial charge in [-0.3, -0.25) is 19.9 Å². The van der Waals surface area contributed by atoms with E-state index >= 15 is 4.79 Å². The maximum Gasteiger partial charge on any atom is 0.333 e. The number of hydrogen-bond acceptors (Lipinski definition) is 14. The average molecular weight is 800 g/mol. The van der Waals surface area contributed by atoms with E-state index < -0.39 is 41.3 Å². The number of benzene rings is 3. The van der Waals surface area contributed by atoms with Crippen molar-refractivity contribution in [2.75, 3.05) is 46.4 Å². The largest absolute Gasteiger partial charge is 0.504 e. The summed E-state index contributed by atoms with van der Waals surface area (Å²) in [5.74, 6) is 1.26. The number of esters is 2. The predicted molar refractivity (Wildman–Crippen MR) is 213 cm³/mol. The summed E-state index contributed by atoms with van der Waals surface area (Å²) in [4.78, 5) is 35.6. The molecular weight excluding hydrogens is 751 g/mol. The van der Waals surface area contributed by atoms with Crippen molar-refractivity contribution in [2.45, 2.75) is 81.7 Å². The summed E-state index contributed by atoms with van der Waals surface area (Å²) in [7, 11) is 3.47. The number of methoxy groups -OCH3 is 1. The molecule has 2 bridgehead atoms. The van der Waals surface area contributed by atoms with Crippen LogP contribution >= 0.6 is 11.8 Å². The van der Waals surface area contributed by atoms with E-state index in [1.807, 2.05) is 57.0 Å². The highest BCUT2D eigenvalue weighted by molar-refractivity contribution is 7.98. The molecular formula is C42H49N5O9S. The van der Waals surface area contributed by atoms with Gasteiger partial charge in [0.1, 0.15) is 18.1 Å². The fourth-order valence-corrected chi connectivity index (χ4v) is 11.8. The molecule has 1 fully saturated rings. The molecule has 15 heteroatoms. The number of phenolic OH excluding ortho intramolecular Hbond substituents is 1. The van der Waals surface area contributed by atoms with Crippen LogP contribution in [0.25, 0.3) is 10.9 Å². The number of hydrogen-bond donors (Lipinski definition) is 5. The maximum absolute atomic E-state index is 15.1. The molecule has 0 amide bonds. The SMILES string of the molecule is COc1c(C)cc2c(c1O)[C@H]1[C@H](C)N(C3COC(=O)[C@]4(CSCc5c(OC(C)=O)c(C)c6c(c53)OCO6)N[C@@H](CN)Cc3c4[nH]c4ccccc34)C(O)(C2)CN1C. The first-order chi connectivity index (χ1) is 27.3. The molecule has 0 aliphatic carbocycles. The van der Waals surface area contributed by atoms with Gasteiger partial charge in [0.05, 0.1) is 24.9 Å². The van der Waals surface area contributed by atoms with Gasteiger partial charge in [-0.15, -0.1) is 0 Å². The second-order valence-electron chi connectivity index (χ2n) is 16.1. The molecule has 14 nitrogen and oxygen atoms in total. The van der Waals surface area contributed by atoms with Crippen LogP contribution in [0.2, 0.25) is 0 Å². The smallest absolute Gasteiger partial charge is 0.333 e. The van der Waals surface area contributed by atoms with Crippen LogP contribution in [0.5, 0.6) is 28.7 Å². The lowest BCUT2D eigenvalue weighted by Gasteiger charge is -2.55. The van der Waals surface area contributed by atoms with E-state index in [9.17, 15) is 15.0 Å². The van der Waals surface area contributed by atoms with Crippen molar-refractivity contribution in [1.82, 2.24) is 20.1 Å². The van der Waals surface area contributed by atoms with Gasteiger partial charge in [-0.25, -0.2) is 4.79 Å². The number of thioether (sulfide) groups is 1. The van der Waals surface area contributed by atoms with Gasteiger partial charge in [0, 0.05) is 83.2 Å². The highest BCUT2D eigenvalue weighted by atomic mass is 32.2. The third-order valence-corrected chi connectivity index (χ3v) is 13.8. The molecule has 0 saturated carbocycles. The number of nitrogens with two attached hydrogens (primary N) is 1. The Labute approximate surface area is 334 Å². The Hall–Kier alpha value is -4.51. The number of H-pyrrole nitrogens is 1. The molecule has 1 spiro atoms. The van der Waals surface area contributed by atoms with E-state index in [2.05, 4.69) is 21.3 Å². The molecule has 3 aromatic carbocycles. The van der Waals surface area contributed by atoms with Crippen molar-refractivity contribution in [3.63, 3.8) is 0 Å². The van der Waals surface area contributed by atoms with Crippen LogP contribution in [-0.4, -0.2) is 101 Å². The number of carbonyl (C=O) groups is 2. The minimum absolute atomic E-state index is 0.0378. The minimum atomic E-state index is -1.54. The number of fused-ring (bicyclic) bond motifs is 9. The number of rotatable bonds is 4. The summed E-state index contributed by atoms with van der Waals surface area (Å²) in [5, 5.41) is 29.6. The van der Waals surface area contributed by atoms with Gasteiger partial charge in [0.25, 0.3) is 0 Å². The summed E-state index contributed by atoms with van der Waals surface area (Å²) in [5.41, 5.74) is 10.3. The maximum atomic E-state index is 15.1. The molecule has 6 atom stereocenters.